The summed E-state index contributed by atoms with van der Waals surface area (Å²) in [5.74, 6) is 0.910. The van der Waals surface area contributed by atoms with Crippen LogP contribution < -0.4 is 4.90 Å². The van der Waals surface area contributed by atoms with Crippen LogP contribution >= 0.6 is 11.3 Å². The Balaban J connectivity index is 1.25. The molecule has 6 aromatic carbocycles. The zero-order chi connectivity index (χ0) is 26.5. The van der Waals surface area contributed by atoms with E-state index in [1.54, 1.807) is 0 Å². The maximum absolute atomic E-state index is 5.02. The van der Waals surface area contributed by atoms with Crippen molar-refractivity contribution < 1.29 is 0 Å². The van der Waals surface area contributed by atoms with Crippen LogP contribution in [-0.2, 0) is 0 Å². The molecule has 0 N–H and O–H groups in total. The molecule has 0 amide bonds. The minimum Gasteiger partial charge on any atom is -0.295 e. The number of rotatable bonds is 4. The van der Waals surface area contributed by atoms with E-state index in [0.29, 0.717) is 0 Å². The monoisotopic (exact) mass is 528 g/mol. The Morgan fingerprint density at radius 2 is 1.12 bits per heavy atom. The van der Waals surface area contributed by atoms with E-state index in [9.17, 15) is 0 Å². The van der Waals surface area contributed by atoms with Gasteiger partial charge in [-0.15, -0.1) is 11.3 Å². The van der Waals surface area contributed by atoms with Crippen LogP contribution in [0.3, 0.4) is 0 Å². The van der Waals surface area contributed by atoms with E-state index in [1.807, 2.05) is 17.5 Å². The van der Waals surface area contributed by atoms with Gasteiger partial charge in [-0.2, -0.15) is 0 Å². The summed E-state index contributed by atoms with van der Waals surface area (Å²) in [5, 5.41) is 7.52. The van der Waals surface area contributed by atoms with Crippen LogP contribution in [-0.4, -0.2) is 4.98 Å². The summed E-state index contributed by atoms with van der Waals surface area (Å²) in [6.07, 6.45) is 2.04. The number of anilines is 3. The Morgan fingerprint density at radius 1 is 0.475 bits per heavy atom. The second-order valence-electron chi connectivity index (χ2n) is 10.1. The standard InChI is InChI=1S/C37H24N2S/c1-2-13-29(14-3-1)39(30-19-17-26(18-20-30)32-16-8-12-25-9-6-7-15-31(25)32)37-23-36-34(24-38-37)33-21-27-10-4-5-11-28(27)22-35(33)40-36/h1-24H. The molecule has 8 aromatic rings. The molecule has 0 aliphatic carbocycles. The number of nitrogens with zero attached hydrogens (tertiary/aromatic N) is 2. The SMILES string of the molecule is c1ccc(N(c2ccc(-c3cccc4ccccc34)cc2)c2cc3sc4cc5ccccc5cc4c3cn2)cc1. The topological polar surface area (TPSA) is 16.1 Å². The fourth-order valence-corrected chi connectivity index (χ4v) is 6.86. The molecule has 0 saturated heterocycles. The average Bonchev–Trinajstić information content (AvgIpc) is 3.37. The molecule has 8 rings (SSSR count). The molecule has 0 radical (unpaired) electrons. The van der Waals surface area contributed by atoms with E-state index in [0.717, 1.165) is 17.2 Å². The van der Waals surface area contributed by atoms with E-state index in [4.69, 9.17) is 4.98 Å². The first-order valence-corrected chi connectivity index (χ1v) is 14.3. The first kappa shape index (κ1) is 22.9. The summed E-state index contributed by atoms with van der Waals surface area (Å²) >= 11 is 1.83. The molecule has 0 bridgehead atoms. The molecule has 3 heteroatoms. The predicted molar refractivity (Wildman–Crippen MR) is 172 cm³/mol. The second-order valence-corrected chi connectivity index (χ2v) is 11.2. The van der Waals surface area contributed by atoms with Crippen molar-refractivity contribution in [3.63, 3.8) is 0 Å². The second kappa shape index (κ2) is 9.33. The molecule has 188 valence electrons. The van der Waals surface area contributed by atoms with Crippen molar-refractivity contribution in [1.82, 2.24) is 4.98 Å². The number of aromatic nitrogens is 1. The van der Waals surface area contributed by atoms with Crippen molar-refractivity contribution in [2.24, 2.45) is 0 Å². The van der Waals surface area contributed by atoms with Crippen molar-refractivity contribution in [1.29, 1.82) is 0 Å². The van der Waals surface area contributed by atoms with Gasteiger partial charge in [-0.05, 0) is 75.1 Å². The van der Waals surface area contributed by atoms with Crippen LogP contribution in [0, 0.1) is 0 Å². The van der Waals surface area contributed by atoms with Gasteiger partial charge in [0.1, 0.15) is 5.82 Å². The predicted octanol–water partition coefficient (Wildman–Crippen LogP) is 10.9. The molecular weight excluding hydrogens is 504 g/mol. The third-order valence-corrected chi connectivity index (χ3v) is 8.79. The highest BCUT2D eigenvalue weighted by molar-refractivity contribution is 7.25. The number of para-hydroxylation sites is 1. The normalized spacial score (nSPS) is 11.5. The Hall–Kier alpha value is -4.99. The molecule has 0 fully saturated rings. The molecule has 0 spiro atoms. The third-order valence-electron chi connectivity index (χ3n) is 7.68. The quantitative estimate of drug-likeness (QED) is 0.226. The molecule has 0 aliphatic rings. The summed E-state index contributed by atoms with van der Waals surface area (Å²) in [6.45, 7) is 0. The van der Waals surface area contributed by atoms with E-state index in [2.05, 4.69) is 144 Å². The minimum absolute atomic E-state index is 0.910. The highest BCUT2D eigenvalue weighted by Gasteiger charge is 2.16. The van der Waals surface area contributed by atoms with Crippen molar-refractivity contribution in [3.05, 3.63) is 146 Å². The molecule has 2 heterocycles. The fourth-order valence-electron chi connectivity index (χ4n) is 5.73. The number of hydrogen-bond acceptors (Lipinski definition) is 3. The number of benzene rings is 6. The van der Waals surface area contributed by atoms with Crippen molar-refractivity contribution >= 4 is 70.2 Å². The Bertz CT molecular complexity index is 2160. The van der Waals surface area contributed by atoms with Gasteiger partial charge in [0.05, 0.1) is 0 Å². The van der Waals surface area contributed by atoms with Gasteiger partial charge in [-0.25, -0.2) is 4.98 Å². The van der Waals surface area contributed by atoms with Gasteiger partial charge in [-0.3, -0.25) is 4.90 Å². The first-order chi connectivity index (χ1) is 19.8. The van der Waals surface area contributed by atoms with Crippen LogP contribution in [0.4, 0.5) is 17.2 Å². The van der Waals surface area contributed by atoms with Gasteiger partial charge in [0.2, 0.25) is 0 Å². The summed E-state index contributed by atoms with van der Waals surface area (Å²) < 4.78 is 2.53. The van der Waals surface area contributed by atoms with Crippen molar-refractivity contribution in [2.75, 3.05) is 4.90 Å². The van der Waals surface area contributed by atoms with E-state index in [1.165, 1.54) is 52.8 Å². The highest BCUT2D eigenvalue weighted by Crippen LogP contribution is 2.41. The third kappa shape index (κ3) is 3.83. The van der Waals surface area contributed by atoms with E-state index in [-0.39, 0.29) is 0 Å². The van der Waals surface area contributed by atoms with Crippen LogP contribution in [0.15, 0.2) is 146 Å². The summed E-state index contributed by atoms with van der Waals surface area (Å²) in [4.78, 5) is 7.26. The molecule has 2 aromatic heterocycles. The first-order valence-electron chi connectivity index (χ1n) is 13.5. The van der Waals surface area contributed by atoms with Crippen LogP contribution in [0.25, 0.3) is 52.8 Å². The lowest BCUT2D eigenvalue weighted by Gasteiger charge is -2.24. The maximum atomic E-state index is 5.02. The molecular formula is C37H24N2S. The minimum atomic E-state index is 0.910. The number of hydrogen-bond donors (Lipinski definition) is 0. The van der Waals surface area contributed by atoms with Gasteiger partial charge in [0.15, 0.2) is 0 Å². The lowest BCUT2D eigenvalue weighted by molar-refractivity contribution is 1.19. The lowest BCUT2D eigenvalue weighted by Crippen LogP contribution is -2.11. The summed E-state index contributed by atoms with van der Waals surface area (Å²) in [5.41, 5.74) is 4.61. The van der Waals surface area contributed by atoms with Crippen LogP contribution in [0.1, 0.15) is 0 Å². The zero-order valence-electron chi connectivity index (χ0n) is 21.7. The zero-order valence-corrected chi connectivity index (χ0v) is 22.5. The molecule has 0 atom stereocenters. The highest BCUT2D eigenvalue weighted by atomic mass is 32.1. The largest absolute Gasteiger partial charge is 0.295 e. The number of fused-ring (bicyclic) bond motifs is 5. The molecule has 0 aliphatic heterocycles. The average molecular weight is 529 g/mol. The van der Waals surface area contributed by atoms with Crippen LogP contribution in [0.2, 0.25) is 0 Å². The molecule has 40 heavy (non-hydrogen) atoms. The number of pyridine rings is 1. The molecule has 0 unspecified atom stereocenters. The molecule has 2 nitrogen and oxygen atoms in total. The Morgan fingerprint density at radius 3 is 1.95 bits per heavy atom. The van der Waals surface area contributed by atoms with E-state index >= 15 is 0 Å². The Labute approximate surface area is 236 Å². The maximum Gasteiger partial charge on any atom is 0.138 e. The van der Waals surface area contributed by atoms with Gasteiger partial charge >= 0.3 is 0 Å². The van der Waals surface area contributed by atoms with Crippen LogP contribution in [0.5, 0.6) is 0 Å². The van der Waals surface area contributed by atoms with Gasteiger partial charge in [0.25, 0.3) is 0 Å². The fraction of sp³-hybridized carbons (Fsp3) is 0. The Kier molecular flexibility index (Phi) is 5.35. The smallest absolute Gasteiger partial charge is 0.138 e. The van der Waals surface area contributed by atoms with E-state index < -0.39 is 0 Å². The summed E-state index contributed by atoms with van der Waals surface area (Å²) in [7, 11) is 0. The summed E-state index contributed by atoms with van der Waals surface area (Å²) in [6, 6.07) is 49.8. The van der Waals surface area contributed by atoms with Gasteiger partial charge < -0.3 is 0 Å². The van der Waals surface area contributed by atoms with Crippen molar-refractivity contribution in [2.45, 2.75) is 0 Å². The lowest BCUT2D eigenvalue weighted by atomic mass is 9.98. The van der Waals surface area contributed by atoms with Gasteiger partial charge in [-0.1, -0.05) is 97.1 Å². The number of thiophene rings is 1. The van der Waals surface area contributed by atoms with Gasteiger partial charge in [0, 0.05) is 37.7 Å². The molecule has 0 saturated carbocycles. The van der Waals surface area contributed by atoms with Crippen molar-refractivity contribution in [3.8, 4) is 11.1 Å².